The van der Waals surface area contributed by atoms with E-state index in [2.05, 4.69) is 10.2 Å². The summed E-state index contributed by atoms with van der Waals surface area (Å²) < 4.78 is 32.3. The summed E-state index contributed by atoms with van der Waals surface area (Å²) >= 11 is 0. The largest absolute Gasteiger partial charge is 0.744 e. The number of rotatable bonds is 3. The van der Waals surface area contributed by atoms with Crippen LogP contribution in [0, 0.1) is 6.92 Å². The molecule has 0 aliphatic heterocycles. The summed E-state index contributed by atoms with van der Waals surface area (Å²) in [7, 11) is -4.45. The highest BCUT2D eigenvalue weighted by Gasteiger charge is 2.00. The van der Waals surface area contributed by atoms with E-state index in [9.17, 15) is 18.1 Å². The number of benzene rings is 2. The summed E-state index contributed by atoms with van der Waals surface area (Å²) in [5, 5.41) is 17.3. The molecule has 0 bridgehead atoms. The van der Waals surface area contributed by atoms with Gasteiger partial charge in [0.25, 0.3) is 0 Å². The molecule has 7 heteroatoms. The molecule has 2 aromatic carbocycles. The molecule has 6 nitrogen and oxygen atoms in total. The summed E-state index contributed by atoms with van der Waals surface area (Å²) in [5.74, 6) is 0.175. The Morgan fingerprint density at radius 3 is 2.10 bits per heavy atom. The lowest BCUT2D eigenvalue weighted by atomic mass is 10.2. The van der Waals surface area contributed by atoms with Crippen molar-refractivity contribution in [3.05, 3.63) is 48.0 Å². The molecule has 2 aromatic rings. The van der Waals surface area contributed by atoms with Crippen molar-refractivity contribution in [2.24, 2.45) is 10.2 Å². The third-order valence-electron chi connectivity index (χ3n) is 2.59. The smallest absolute Gasteiger partial charge is 0.124 e. The maximum absolute atomic E-state index is 10.8. The van der Waals surface area contributed by atoms with E-state index < -0.39 is 10.1 Å². The standard InChI is InChI=1S/C13H12N2O4S/c1-9-8-11(4-7-13(9)16)15-14-10-2-5-12(6-3-10)20(17,18)19/h2-8,16H,1H3,(H,17,18,19)/p-1. The molecule has 0 heterocycles. The summed E-state index contributed by atoms with van der Waals surface area (Å²) in [6.45, 7) is 1.74. The lowest BCUT2D eigenvalue weighted by molar-refractivity contribution is 0.463. The van der Waals surface area contributed by atoms with Gasteiger partial charge >= 0.3 is 0 Å². The van der Waals surface area contributed by atoms with Crippen LogP contribution in [0.15, 0.2) is 57.6 Å². The minimum absolute atomic E-state index is 0.175. The van der Waals surface area contributed by atoms with E-state index in [-0.39, 0.29) is 10.6 Å². The van der Waals surface area contributed by atoms with Crippen molar-refractivity contribution in [3.8, 4) is 5.75 Å². The fourth-order valence-corrected chi connectivity index (χ4v) is 1.97. The van der Waals surface area contributed by atoms with Crippen LogP contribution in [-0.4, -0.2) is 18.1 Å². The first-order chi connectivity index (χ1) is 9.36. The molecule has 20 heavy (non-hydrogen) atoms. The van der Waals surface area contributed by atoms with Crippen LogP contribution in [0.5, 0.6) is 5.75 Å². The van der Waals surface area contributed by atoms with Crippen molar-refractivity contribution in [2.45, 2.75) is 11.8 Å². The summed E-state index contributed by atoms with van der Waals surface area (Å²) in [4.78, 5) is -0.308. The van der Waals surface area contributed by atoms with Crippen molar-refractivity contribution in [1.29, 1.82) is 0 Å². The maximum Gasteiger partial charge on any atom is 0.124 e. The molecular weight excluding hydrogens is 280 g/mol. The second kappa shape index (κ2) is 5.40. The zero-order valence-corrected chi connectivity index (χ0v) is 11.3. The average molecular weight is 291 g/mol. The summed E-state index contributed by atoms with van der Waals surface area (Å²) in [6, 6.07) is 9.91. The van der Waals surface area contributed by atoms with Crippen LogP contribution >= 0.6 is 0 Å². The molecule has 0 atom stereocenters. The Morgan fingerprint density at radius 1 is 1.00 bits per heavy atom. The van der Waals surface area contributed by atoms with Crippen LogP contribution in [0.1, 0.15) is 5.56 Å². The number of phenolic OH excluding ortho intramolecular Hbond substituents is 1. The number of aryl methyl sites for hydroxylation is 1. The van der Waals surface area contributed by atoms with Gasteiger partial charge in [0.15, 0.2) is 0 Å². The van der Waals surface area contributed by atoms with Crippen LogP contribution in [0.4, 0.5) is 11.4 Å². The summed E-state index contributed by atoms with van der Waals surface area (Å²) in [5.41, 5.74) is 1.65. The number of aromatic hydroxyl groups is 1. The molecule has 1 N–H and O–H groups in total. The Labute approximate surface area is 116 Å². The SMILES string of the molecule is Cc1cc(N=Nc2ccc(S(=O)(=O)[O-])cc2)ccc1O. The third-order valence-corrected chi connectivity index (χ3v) is 3.44. The topological polar surface area (TPSA) is 102 Å². The van der Waals surface area contributed by atoms with Gasteiger partial charge in [0, 0.05) is 0 Å². The van der Waals surface area contributed by atoms with Gasteiger partial charge < -0.3 is 9.66 Å². The Hall–Kier alpha value is -2.25. The first-order valence-corrected chi connectivity index (χ1v) is 7.04. The first-order valence-electron chi connectivity index (χ1n) is 5.63. The van der Waals surface area contributed by atoms with E-state index in [1.54, 1.807) is 19.1 Å². The highest BCUT2D eigenvalue weighted by Crippen LogP contribution is 2.24. The fraction of sp³-hybridized carbons (Fsp3) is 0.0769. The number of azo groups is 1. The molecule has 0 aliphatic rings. The Kier molecular flexibility index (Phi) is 3.82. The van der Waals surface area contributed by atoms with Crippen LogP contribution in [0.3, 0.4) is 0 Å². The lowest BCUT2D eigenvalue weighted by Gasteiger charge is -2.05. The zero-order chi connectivity index (χ0) is 14.8. The molecule has 0 spiro atoms. The molecular formula is C13H11N2O4S-. The van der Waals surface area contributed by atoms with Gasteiger partial charge in [-0.1, -0.05) is 0 Å². The predicted molar refractivity (Wildman–Crippen MR) is 71.4 cm³/mol. The molecule has 0 aliphatic carbocycles. The van der Waals surface area contributed by atoms with E-state index in [1.807, 2.05) is 0 Å². The lowest BCUT2D eigenvalue weighted by Crippen LogP contribution is -1.97. The molecule has 0 fully saturated rings. The third kappa shape index (κ3) is 3.40. The van der Waals surface area contributed by atoms with Crippen LogP contribution in [0.25, 0.3) is 0 Å². The molecule has 0 unspecified atom stereocenters. The zero-order valence-electron chi connectivity index (χ0n) is 10.5. The molecule has 0 radical (unpaired) electrons. The van der Waals surface area contributed by atoms with Crippen molar-refractivity contribution in [3.63, 3.8) is 0 Å². The summed E-state index contributed by atoms with van der Waals surface area (Å²) in [6.07, 6.45) is 0. The Bertz CT molecular complexity index is 752. The van der Waals surface area contributed by atoms with Gasteiger partial charge in [-0.05, 0) is 55.0 Å². The molecule has 0 aromatic heterocycles. The van der Waals surface area contributed by atoms with Gasteiger partial charge in [0.05, 0.1) is 16.3 Å². The van der Waals surface area contributed by atoms with E-state index >= 15 is 0 Å². The van der Waals surface area contributed by atoms with Gasteiger partial charge in [-0.3, -0.25) is 0 Å². The highest BCUT2D eigenvalue weighted by atomic mass is 32.2. The van der Waals surface area contributed by atoms with Crippen molar-refractivity contribution in [1.82, 2.24) is 0 Å². The fourth-order valence-electron chi connectivity index (χ4n) is 1.50. The van der Waals surface area contributed by atoms with E-state index in [1.165, 1.54) is 30.3 Å². The number of hydrogen-bond acceptors (Lipinski definition) is 6. The molecule has 2 rings (SSSR count). The van der Waals surface area contributed by atoms with Gasteiger partial charge in [0.1, 0.15) is 15.9 Å². The number of phenols is 1. The van der Waals surface area contributed by atoms with Crippen molar-refractivity contribution < 1.29 is 18.1 Å². The van der Waals surface area contributed by atoms with Crippen LogP contribution in [0.2, 0.25) is 0 Å². The maximum atomic E-state index is 10.8. The quantitative estimate of drug-likeness (QED) is 0.693. The Morgan fingerprint density at radius 2 is 1.55 bits per heavy atom. The normalized spacial score (nSPS) is 11.9. The first kappa shape index (κ1) is 14.2. The van der Waals surface area contributed by atoms with Gasteiger partial charge in [-0.2, -0.15) is 10.2 Å². The highest BCUT2D eigenvalue weighted by molar-refractivity contribution is 7.85. The second-order valence-electron chi connectivity index (χ2n) is 4.12. The van der Waals surface area contributed by atoms with Crippen molar-refractivity contribution in [2.75, 3.05) is 0 Å². The average Bonchev–Trinajstić information content (AvgIpc) is 2.40. The minimum Gasteiger partial charge on any atom is -0.744 e. The molecule has 0 amide bonds. The number of nitrogens with zero attached hydrogens (tertiary/aromatic N) is 2. The van der Waals surface area contributed by atoms with Crippen molar-refractivity contribution >= 4 is 21.5 Å². The number of hydrogen-bond donors (Lipinski definition) is 1. The van der Waals surface area contributed by atoms with Crippen LogP contribution in [-0.2, 0) is 10.1 Å². The van der Waals surface area contributed by atoms with Gasteiger partial charge in [-0.25, -0.2) is 8.42 Å². The van der Waals surface area contributed by atoms with Crippen LogP contribution < -0.4 is 0 Å². The monoisotopic (exact) mass is 291 g/mol. The van der Waals surface area contributed by atoms with Gasteiger partial charge in [-0.15, -0.1) is 0 Å². The minimum atomic E-state index is -4.45. The predicted octanol–water partition coefficient (Wildman–Crippen LogP) is 3.02. The Balaban J connectivity index is 2.21. The molecule has 0 saturated carbocycles. The van der Waals surface area contributed by atoms with E-state index in [0.29, 0.717) is 16.9 Å². The molecule has 0 saturated heterocycles. The molecule has 104 valence electrons. The van der Waals surface area contributed by atoms with E-state index in [4.69, 9.17) is 0 Å². The van der Waals surface area contributed by atoms with Gasteiger partial charge in [0.2, 0.25) is 0 Å². The van der Waals surface area contributed by atoms with E-state index in [0.717, 1.165) is 0 Å². The second-order valence-corrected chi connectivity index (χ2v) is 5.50.